The third kappa shape index (κ3) is 5.30. The van der Waals surface area contributed by atoms with Crippen LogP contribution in [0.15, 0.2) is 36.4 Å². The van der Waals surface area contributed by atoms with E-state index in [0.29, 0.717) is 28.8 Å². The summed E-state index contributed by atoms with van der Waals surface area (Å²) in [6.45, 7) is 5.65. The molecule has 172 valence electrons. The van der Waals surface area contributed by atoms with E-state index in [9.17, 15) is 9.18 Å². The van der Waals surface area contributed by atoms with Crippen molar-refractivity contribution in [2.24, 2.45) is 0 Å². The smallest absolute Gasteiger partial charge is 0.239 e. The number of hydrogen-bond donors (Lipinski definition) is 2. The molecule has 0 saturated carbocycles. The molecule has 1 unspecified atom stereocenters. The van der Waals surface area contributed by atoms with Crippen LogP contribution in [0.4, 0.5) is 15.8 Å². The summed E-state index contributed by atoms with van der Waals surface area (Å²) in [6, 6.07) is 10.2. The summed E-state index contributed by atoms with van der Waals surface area (Å²) in [6.07, 6.45) is 3.16. The average molecular weight is 479 g/mol. The Hall–Kier alpha value is -2.02. The van der Waals surface area contributed by atoms with Gasteiger partial charge in [-0.15, -0.1) is 0 Å². The van der Waals surface area contributed by atoms with Gasteiger partial charge in [-0.2, -0.15) is 0 Å². The molecule has 0 aromatic heterocycles. The molecule has 2 atom stereocenters. The van der Waals surface area contributed by atoms with Crippen LogP contribution in [0, 0.1) is 5.82 Å². The first-order valence-corrected chi connectivity index (χ1v) is 12.0. The summed E-state index contributed by atoms with van der Waals surface area (Å²) in [4.78, 5) is 16.9. The Morgan fingerprint density at radius 1 is 1.12 bits per heavy atom. The lowest BCUT2D eigenvalue weighted by Crippen LogP contribution is -2.55. The minimum atomic E-state index is -0.317. The number of benzene rings is 2. The molecule has 4 rings (SSSR count). The average Bonchev–Trinajstić information content (AvgIpc) is 2.80. The van der Waals surface area contributed by atoms with Gasteiger partial charge >= 0.3 is 0 Å². The first-order valence-electron chi connectivity index (χ1n) is 11.2. The summed E-state index contributed by atoms with van der Waals surface area (Å²) in [7, 11) is 0. The van der Waals surface area contributed by atoms with Gasteiger partial charge in [-0.25, -0.2) is 4.39 Å². The minimum Gasteiger partial charge on any atom is -0.376 e. The predicted molar refractivity (Wildman–Crippen MR) is 129 cm³/mol. The van der Waals surface area contributed by atoms with E-state index in [2.05, 4.69) is 15.5 Å². The number of anilines is 2. The van der Waals surface area contributed by atoms with Crippen LogP contribution in [0.5, 0.6) is 0 Å². The second-order valence-corrected chi connectivity index (χ2v) is 9.35. The van der Waals surface area contributed by atoms with E-state index in [1.54, 1.807) is 18.2 Å². The molecular weight excluding hydrogens is 450 g/mol. The number of piperazine rings is 1. The van der Waals surface area contributed by atoms with Gasteiger partial charge in [-0.05, 0) is 62.2 Å². The Kier molecular flexibility index (Phi) is 7.44. The zero-order valence-electron chi connectivity index (χ0n) is 18.2. The van der Waals surface area contributed by atoms with Crippen LogP contribution in [0.25, 0.3) is 0 Å². The topological polar surface area (TPSA) is 47.6 Å². The SMILES string of the molecule is CC(Nc1cc(N2CCN(C(=O)[C@H]3CCCCN3)CC2)ccc1F)c1ccc(Cl)cc1Cl. The van der Waals surface area contributed by atoms with Gasteiger partial charge in [0.15, 0.2) is 0 Å². The molecule has 2 aliphatic heterocycles. The fraction of sp³-hybridized carbons (Fsp3) is 0.458. The molecule has 5 nitrogen and oxygen atoms in total. The number of halogens is 3. The van der Waals surface area contributed by atoms with Gasteiger partial charge in [0.1, 0.15) is 5.82 Å². The molecule has 0 spiro atoms. The fourth-order valence-corrected chi connectivity index (χ4v) is 5.02. The molecule has 0 radical (unpaired) electrons. The van der Waals surface area contributed by atoms with E-state index in [4.69, 9.17) is 23.2 Å². The van der Waals surface area contributed by atoms with E-state index < -0.39 is 0 Å². The summed E-state index contributed by atoms with van der Waals surface area (Å²) < 4.78 is 14.6. The second kappa shape index (κ2) is 10.3. The monoisotopic (exact) mass is 478 g/mol. The van der Waals surface area contributed by atoms with Gasteiger partial charge in [0.2, 0.25) is 5.91 Å². The van der Waals surface area contributed by atoms with Gasteiger partial charge in [0.05, 0.1) is 17.8 Å². The summed E-state index contributed by atoms with van der Waals surface area (Å²) in [5.41, 5.74) is 2.21. The largest absolute Gasteiger partial charge is 0.376 e. The van der Waals surface area contributed by atoms with Crippen LogP contribution in [0.2, 0.25) is 10.0 Å². The molecule has 0 bridgehead atoms. The maximum Gasteiger partial charge on any atom is 0.239 e. The van der Waals surface area contributed by atoms with Crippen LogP contribution in [0.1, 0.15) is 37.8 Å². The number of nitrogens with one attached hydrogen (secondary N) is 2. The van der Waals surface area contributed by atoms with Crippen LogP contribution < -0.4 is 15.5 Å². The highest BCUT2D eigenvalue weighted by Crippen LogP contribution is 2.31. The maximum atomic E-state index is 14.6. The van der Waals surface area contributed by atoms with Crippen molar-refractivity contribution >= 4 is 40.5 Å². The van der Waals surface area contributed by atoms with Crippen molar-refractivity contribution in [2.45, 2.75) is 38.3 Å². The number of nitrogens with zero attached hydrogens (tertiary/aromatic N) is 2. The lowest BCUT2D eigenvalue weighted by molar-refractivity contribution is -0.134. The highest BCUT2D eigenvalue weighted by atomic mass is 35.5. The predicted octanol–water partition coefficient (Wildman–Crippen LogP) is 5.10. The van der Waals surface area contributed by atoms with Gasteiger partial charge in [-0.1, -0.05) is 35.7 Å². The van der Waals surface area contributed by atoms with Gasteiger partial charge in [-0.3, -0.25) is 4.79 Å². The van der Waals surface area contributed by atoms with Crippen molar-refractivity contribution in [3.05, 3.63) is 57.8 Å². The Morgan fingerprint density at radius 2 is 1.91 bits per heavy atom. The molecular formula is C24H29Cl2FN4O. The first-order chi connectivity index (χ1) is 15.4. The maximum absolute atomic E-state index is 14.6. The third-order valence-corrected chi connectivity index (χ3v) is 6.88. The van der Waals surface area contributed by atoms with E-state index in [-0.39, 0.29) is 23.8 Å². The molecule has 2 saturated heterocycles. The minimum absolute atomic E-state index is 0.0434. The molecule has 0 aliphatic carbocycles. The lowest BCUT2D eigenvalue weighted by atomic mass is 10.0. The molecule has 1 amide bonds. The van der Waals surface area contributed by atoms with Crippen molar-refractivity contribution in [3.63, 3.8) is 0 Å². The first kappa shape index (κ1) is 23.1. The van der Waals surface area contributed by atoms with E-state index in [1.165, 1.54) is 6.07 Å². The number of piperidine rings is 1. The molecule has 32 heavy (non-hydrogen) atoms. The summed E-state index contributed by atoms with van der Waals surface area (Å²) in [5.74, 6) is -0.109. The highest BCUT2D eigenvalue weighted by Gasteiger charge is 2.28. The third-order valence-electron chi connectivity index (χ3n) is 6.32. The lowest BCUT2D eigenvalue weighted by Gasteiger charge is -2.38. The van der Waals surface area contributed by atoms with Crippen LogP contribution in [-0.4, -0.2) is 49.6 Å². The molecule has 2 fully saturated rings. The molecule has 8 heteroatoms. The molecule has 2 heterocycles. The Bertz CT molecular complexity index is 959. The molecule has 2 N–H and O–H groups in total. The number of hydrogen-bond acceptors (Lipinski definition) is 4. The van der Waals surface area contributed by atoms with Gasteiger partial charge < -0.3 is 20.4 Å². The Labute approximate surface area is 198 Å². The van der Waals surface area contributed by atoms with Crippen molar-refractivity contribution in [3.8, 4) is 0 Å². The number of amides is 1. The molecule has 2 aromatic carbocycles. The normalized spacial score (nSPS) is 20.2. The van der Waals surface area contributed by atoms with Crippen LogP contribution in [-0.2, 0) is 4.79 Å². The van der Waals surface area contributed by atoms with Crippen LogP contribution in [0.3, 0.4) is 0 Å². The number of rotatable bonds is 5. The van der Waals surface area contributed by atoms with Crippen molar-refractivity contribution in [1.82, 2.24) is 10.2 Å². The molecule has 2 aliphatic rings. The van der Waals surface area contributed by atoms with Crippen molar-refractivity contribution < 1.29 is 9.18 Å². The fourth-order valence-electron chi connectivity index (χ4n) is 4.45. The quantitative estimate of drug-likeness (QED) is 0.627. The number of carbonyl (C=O) groups is 1. The Morgan fingerprint density at radius 3 is 2.59 bits per heavy atom. The second-order valence-electron chi connectivity index (χ2n) is 8.51. The Balaban J connectivity index is 1.40. The van der Waals surface area contributed by atoms with Gasteiger partial charge in [0, 0.05) is 41.9 Å². The van der Waals surface area contributed by atoms with E-state index >= 15 is 0 Å². The zero-order valence-corrected chi connectivity index (χ0v) is 19.7. The van der Waals surface area contributed by atoms with E-state index in [0.717, 1.165) is 50.1 Å². The van der Waals surface area contributed by atoms with Crippen molar-refractivity contribution in [1.29, 1.82) is 0 Å². The summed E-state index contributed by atoms with van der Waals surface area (Å²) >= 11 is 12.3. The van der Waals surface area contributed by atoms with Crippen LogP contribution >= 0.6 is 23.2 Å². The summed E-state index contributed by atoms with van der Waals surface area (Å²) in [5, 5.41) is 7.68. The zero-order chi connectivity index (χ0) is 22.7. The standard InChI is InChI=1S/C24H29Cl2FN4O/c1-16(19-7-5-17(25)14-20(19)26)29-23-15-18(6-8-21(23)27)30-10-12-31(13-11-30)24(32)22-4-2-3-9-28-22/h5-8,14-16,22,28-29H,2-4,9-13H2,1H3/t16?,22-/m1/s1. The number of carbonyl (C=O) groups excluding carboxylic acids is 1. The molecule has 2 aromatic rings. The van der Waals surface area contributed by atoms with Crippen molar-refractivity contribution in [2.75, 3.05) is 42.9 Å². The highest BCUT2D eigenvalue weighted by molar-refractivity contribution is 6.35. The van der Waals surface area contributed by atoms with E-state index in [1.807, 2.05) is 24.0 Å². The van der Waals surface area contributed by atoms with Gasteiger partial charge in [0.25, 0.3) is 0 Å².